The van der Waals surface area contributed by atoms with Gasteiger partial charge in [0.1, 0.15) is 24.4 Å². The van der Waals surface area contributed by atoms with E-state index in [-0.39, 0.29) is 12.5 Å². The van der Waals surface area contributed by atoms with Gasteiger partial charge in [0.05, 0.1) is 18.7 Å². The summed E-state index contributed by atoms with van der Waals surface area (Å²) in [5.41, 5.74) is 0. The summed E-state index contributed by atoms with van der Waals surface area (Å²) in [6.45, 7) is 1.92. The third-order valence-corrected chi connectivity index (χ3v) is 3.55. The lowest BCUT2D eigenvalue weighted by Gasteiger charge is -2.42. The lowest BCUT2D eigenvalue weighted by molar-refractivity contribution is -0.172. The van der Waals surface area contributed by atoms with E-state index in [0.717, 1.165) is 0 Å². The fourth-order valence-corrected chi connectivity index (χ4v) is 2.43. The average molecular weight is 325 g/mol. The summed E-state index contributed by atoms with van der Waals surface area (Å²) in [7, 11) is 3.54. The highest BCUT2D eigenvalue weighted by Crippen LogP contribution is 2.22. The van der Waals surface area contributed by atoms with E-state index < -0.39 is 30.6 Å². The van der Waals surface area contributed by atoms with Gasteiger partial charge in [-0.2, -0.15) is 0 Å². The number of hydrogen-bond acceptors (Lipinski definition) is 8. The van der Waals surface area contributed by atoms with Crippen molar-refractivity contribution < 1.29 is 19.7 Å². The molecule has 1 saturated heterocycles. The standard InChI is InChI=1S/C14H23N5O4/c1-8-11(18-10(20)6-19(2)3)12(21)13(22)14(23-8)17-9-4-5-15-7-16-9/h4-5,7-8,11-14,21-22H,6H2,1-3H3,(H,18,20)(H,15,16,17)/t8-,11-,12+,13+,14-/m0/s1. The van der Waals surface area contributed by atoms with E-state index in [0.29, 0.717) is 5.82 Å². The highest BCUT2D eigenvalue weighted by molar-refractivity contribution is 5.78. The Balaban J connectivity index is 1.99. The van der Waals surface area contributed by atoms with Gasteiger partial charge in [0.25, 0.3) is 0 Å². The number of ether oxygens (including phenoxy) is 1. The second kappa shape index (κ2) is 7.64. The summed E-state index contributed by atoms with van der Waals surface area (Å²) < 4.78 is 5.68. The van der Waals surface area contributed by atoms with Crippen LogP contribution in [-0.2, 0) is 9.53 Å². The number of aromatic nitrogens is 2. The van der Waals surface area contributed by atoms with Crippen molar-refractivity contribution in [1.82, 2.24) is 20.2 Å². The van der Waals surface area contributed by atoms with Crippen LogP contribution in [0.3, 0.4) is 0 Å². The Morgan fingerprint density at radius 1 is 1.39 bits per heavy atom. The molecule has 23 heavy (non-hydrogen) atoms. The third kappa shape index (κ3) is 4.58. The van der Waals surface area contributed by atoms with Gasteiger partial charge in [0.2, 0.25) is 5.91 Å². The minimum atomic E-state index is -1.22. The molecule has 0 aliphatic carbocycles. The summed E-state index contributed by atoms with van der Waals surface area (Å²) in [6.07, 6.45) is -0.790. The highest BCUT2D eigenvalue weighted by atomic mass is 16.5. The smallest absolute Gasteiger partial charge is 0.234 e. The molecule has 0 aromatic carbocycles. The van der Waals surface area contributed by atoms with E-state index in [9.17, 15) is 15.0 Å². The molecule has 1 amide bonds. The fourth-order valence-electron chi connectivity index (χ4n) is 2.43. The molecule has 9 nitrogen and oxygen atoms in total. The topological polar surface area (TPSA) is 120 Å². The predicted molar refractivity (Wildman–Crippen MR) is 82.5 cm³/mol. The molecule has 4 N–H and O–H groups in total. The molecule has 0 saturated carbocycles. The molecule has 2 rings (SSSR count). The summed E-state index contributed by atoms with van der Waals surface area (Å²) >= 11 is 0. The largest absolute Gasteiger partial charge is 0.388 e. The van der Waals surface area contributed by atoms with Crippen LogP contribution in [-0.4, -0.2) is 82.2 Å². The Hall–Kier alpha value is -1.81. The molecule has 1 aromatic heterocycles. The van der Waals surface area contributed by atoms with E-state index >= 15 is 0 Å². The van der Waals surface area contributed by atoms with Crippen molar-refractivity contribution in [2.75, 3.05) is 26.0 Å². The van der Waals surface area contributed by atoms with Crippen LogP contribution in [0.1, 0.15) is 6.92 Å². The van der Waals surface area contributed by atoms with Crippen molar-refractivity contribution in [3.8, 4) is 0 Å². The molecule has 9 heteroatoms. The number of aliphatic hydroxyl groups excluding tert-OH is 2. The van der Waals surface area contributed by atoms with Crippen LogP contribution >= 0.6 is 0 Å². The Kier molecular flexibility index (Phi) is 5.83. The molecule has 128 valence electrons. The minimum absolute atomic E-state index is 0.189. The van der Waals surface area contributed by atoms with Crippen LogP contribution in [0.5, 0.6) is 0 Å². The number of carbonyl (C=O) groups is 1. The molecule has 2 heterocycles. The molecular formula is C14H23N5O4. The number of nitrogens with one attached hydrogen (secondary N) is 2. The average Bonchev–Trinajstić information content (AvgIpc) is 2.49. The Labute approximate surface area is 134 Å². The van der Waals surface area contributed by atoms with E-state index in [1.807, 2.05) is 0 Å². The Morgan fingerprint density at radius 3 is 2.74 bits per heavy atom. The van der Waals surface area contributed by atoms with Crippen LogP contribution in [0, 0.1) is 0 Å². The van der Waals surface area contributed by atoms with Crippen LogP contribution in [0.4, 0.5) is 5.82 Å². The first kappa shape index (κ1) is 17.5. The fraction of sp³-hybridized carbons (Fsp3) is 0.643. The van der Waals surface area contributed by atoms with Crippen molar-refractivity contribution in [3.05, 3.63) is 18.6 Å². The number of hydrogen-bond donors (Lipinski definition) is 4. The lowest BCUT2D eigenvalue weighted by Crippen LogP contribution is -2.64. The van der Waals surface area contributed by atoms with Gasteiger partial charge in [-0.3, -0.25) is 4.79 Å². The number of anilines is 1. The molecule has 0 unspecified atom stereocenters. The van der Waals surface area contributed by atoms with Crippen LogP contribution in [0.25, 0.3) is 0 Å². The van der Waals surface area contributed by atoms with Crippen molar-refractivity contribution >= 4 is 11.7 Å². The second-order valence-electron chi connectivity index (χ2n) is 5.81. The quantitative estimate of drug-likeness (QED) is 0.511. The number of aliphatic hydroxyl groups is 2. The van der Waals surface area contributed by atoms with Gasteiger partial charge in [0, 0.05) is 6.20 Å². The number of likely N-dealkylation sites (N-methyl/N-ethyl adjacent to an activating group) is 1. The monoisotopic (exact) mass is 325 g/mol. The molecule has 0 radical (unpaired) electrons. The van der Waals surface area contributed by atoms with Gasteiger partial charge in [-0.15, -0.1) is 0 Å². The maximum Gasteiger partial charge on any atom is 0.234 e. The maximum atomic E-state index is 11.9. The van der Waals surface area contributed by atoms with E-state index in [4.69, 9.17) is 4.74 Å². The summed E-state index contributed by atoms with van der Waals surface area (Å²) in [4.78, 5) is 21.4. The zero-order valence-corrected chi connectivity index (χ0v) is 13.4. The molecule has 1 fully saturated rings. The second-order valence-corrected chi connectivity index (χ2v) is 5.81. The number of nitrogens with zero attached hydrogens (tertiary/aromatic N) is 3. The first-order chi connectivity index (χ1) is 10.9. The van der Waals surface area contributed by atoms with Crippen molar-refractivity contribution in [3.63, 3.8) is 0 Å². The summed E-state index contributed by atoms with van der Waals surface area (Å²) in [5, 5.41) is 26.1. The van der Waals surface area contributed by atoms with E-state index in [1.165, 1.54) is 6.33 Å². The first-order valence-electron chi connectivity index (χ1n) is 7.36. The van der Waals surface area contributed by atoms with Gasteiger partial charge < -0.3 is 30.5 Å². The van der Waals surface area contributed by atoms with Crippen LogP contribution in [0.15, 0.2) is 18.6 Å². The first-order valence-corrected chi connectivity index (χ1v) is 7.36. The molecule has 1 aliphatic heterocycles. The number of amides is 1. The maximum absolute atomic E-state index is 11.9. The summed E-state index contributed by atoms with van der Waals surface area (Å²) in [6, 6.07) is 0.929. The Morgan fingerprint density at radius 2 is 2.13 bits per heavy atom. The lowest BCUT2D eigenvalue weighted by atomic mass is 9.96. The van der Waals surface area contributed by atoms with Crippen LogP contribution in [0.2, 0.25) is 0 Å². The van der Waals surface area contributed by atoms with Gasteiger partial charge >= 0.3 is 0 Å². The zero-order valence-electron chi connectivity index (χ0n) is 13.4. The van der Waals surface area contributed by atoms with Crippen molar-refractivity contribution in [2.45, 2.75) is 37.5 Å². The normalized spacial score (nSPS) is 31.0. The minimum Gasteiger partial charge on any atom is -0.388 e. The molecule has 5 atom stereocenters. The van der Waals surface area contributed by atoms with Gasteiger partial charge in [-0.25, -0.2) is 9.97 Å². The third-order valence-electron chi connectivity index (χ3n) is 3.55. The van der Waals surface area contributed by atoms with Crippen molar-refractivity contribution in [2.24, 2.45) is 0 Å². The number of rotatable bonds is 5. The van der Waals surface area contributed by atoms with Crippen molar-refractivity contribution in [1.29, 1.82) is 0 Å². The van der Waals surface area contributed by atoms with Gasteiger partial charge in [-0.05, 0) is 27.1 Å². The summed E-state index contributed by atoms with van der Waals surface area (Å²) in [5.74, 6) is 0.224. The highest BCUT2D eigenvalue weighted by Gasteiger charge is 2.43. The molecule has 1 aliphatic rings. The van der Waals surface area contributed by atoms with E-state index in [2.05, 4.69) is 20.6 Å². The predicted octanol–water partition coefficient (Wildman–Crippen LogP) is -1.60. The van der Waals surface area contributed by atoms with Gasteiger partial charge in [0.15, 0.2) is 6.23 Å². The molecule has 0 spiro atoms. The van der Waals surface area contributed by atoms with Crippen LogP contribution < -0.4 is 10.6 Å². The SMILES string of the molecule is C[C@@H]1O[C@H](Nc2ccncn2)[C@H](O)[C@H](O)[C@H]1NC(=O)CN(C)C. The molecule has 1 aromatic rings. The van der Waals surface area contributed by atoms with Gasteiger partial charge in [-0.1, -0.05) is 0 Å². The molecule has 0 bridgehead atoms. The number of carbonyl (C=O) groups excluding carboxylic acids is 1. The van der Waals surface area contributed by atoms with E-state index in [1.54, 1.807) is 38.2 Å². The Bertz CT molecular complexity index is 515. The zero-order chi connectivity index (χ0) is 17.0. The molecular weight excluding hydrogens is 302 g/mol.